The summed E-state index contributed by atoms with van der Waals surface area (Å²) in [5, 5.41) is 0. The molecule has 0 aromatic heterocycles. The van der Waals surface area contributed by atoms with E-state index in [9.17, 15) is 0 Å². The molecule has 0 bridgehead atoms. The lowest BCUT2D eigenvalue weighted by molar-refractivity contribution is 0.446. The van der Waals surface area contributed by atoms with Crippen molar-refractivity contribution in [1.82, 2.24) is 0 Å². The van der Waals surface area contributed by atoms with E-state index < -0.39 is 0 Å². The maximum Gasteiger partial charge on any atom is 0.156 e. The lowest BCUT2D eigenvalue weighted by atomic mass is 9.82. The van der Waals surface area contributed by atoms with Crippen LogP contribution in [0.3, 0.4) is 0 Å². The fourth-order valence-electron chi connectivity index (χ4n) is 8.86. The molecule has 3 aliphatic rings. The van der Waals surface area contributed by atoms with Crippen LogP contribution in [0.5, 0.6) is 23.0 Å². The SMILES string of the molecule is CC1(C)c2ccccc2-c2c(-c3ccc4c(c3)Oc3cc(-c5ccccc5)cc5c3N4c3ccc(-c4ccccc4-c4ccccc4)cc3O5)cccc21. The van der Waals surface area contributed by atoms with Crippen molar-refractivity contribution >= 4 is 17.1 Å². The number of nitrogens with zero attached hydrogens (tertiary/aromatic N) is 1. The zero-order valence-electron chi connectivity index (χ0n) is 30.0. The van der Waals surface area contributed by atoms with Crippen LogP contribution in [0.25, 0.3) is 55.6 Å². The maximum absolute atomic E-state index is 6.93. The summed E-state index contributed by atoms with van der Waals surface area (Å²) < 4.78 is 13.8. The number of hydrogen-bond acceptors (Lipinski definition) is 3. The molecule has 2 heterocycles. The lowest BCUT2D eigenvalue weighted by Gasteiger charge is -2.38. The molecule has 8 aromatic rings. The predicted molar refractivity (Wildman–Crippen MR) is 221 cm³/mol. The number of hydrogen-bond donors (Lipinski definition) is 0. The zero-order valence-corrected chi connectivity index (χ0v) is 30.0. The quantitative estimate of drug-likeness (QED) is 0.183. The molecule has 0 spiro atoms. The third-order valence-electron chi connectivity index (χ3n) is 11.5. The molecule has 11 rings (SSSR count). The highest BCUT2D eigenvalue weighted by Gasteiger charge is 2.38. The lowest BCUT2D eigenvalue weighted by Crippen LogP contribution is -2.20. The Hall–Kier alpha value is -6.84. The molecule has 0 saturated heterocycles. The highest BCUT2D eigenvalue weighted by molar-refractivity contribution is 5.99. The molecule has 0 N–H and O–H groups in total. The number of benzene rings is 8. The molecule has 0 amide bonds. The largest absolute Gasteiger partial charge is 0.453 e. The minimum Gasteiger partial charge on any atom is -0.453 e. The molecule has 2 aliphatic heterocycles. The van der Waals surface area contributed by atoms with E-state index in [2.05, 4.69) is 189 Å². The zero-order chi connectivity index (χ0) is 36.0. The molecule has 54 heavy (non-hydrogen) atoms. The second-order valence-corrected chi connectivity index (χ2v) is 14.9. The molecule has 0 unspecified atom stereocenters. The summed E-state index contributed by atoms with van der Waals surface area (Å²) in [5.74, 6) is 3.15. The summed E-state index contributed by atoms with van der Waals surface area (Å²) in [4.78, 5) is 2.32. The van der Waals surface area contributed by atoms with Gasteiger partial charge in [0.15, 0.2) is 23.0 Å². The third-order valence-corrected chi connectivity index (χ3v) is 11.5. The summed E-state index contributed by atoms with van der Waals surface area (Å²) in [6.45, 7) is 4.66. The first-order valence-electron chi connectivity index (χ1n) is 18.6. The molecular formula is C51H35NO2. The fraction of sp³-hybridized carbons (Fsp3) is 0.0588. The smallest absolute Gasteiger partial charge is 0.156 e. The van der Waals surface area contributed by atoms with E-state index in [4.69, 9.17) is 9.47 Å². The molecule has 8 aromatic carbocycles. The van der Waals surface area contributed by atoms with Gasteiger partial charge in [-0.15, -0.1) is 0 Å². The minimum atomic E-state index is -0.0756. The Labute approximate surface area is 315 Å². The van der Waals surface area contributed by atoms with Gasteiger partial charge in [-0.05, 0) is 103 Å². The van der Waals surface area contributed by atoms with Gasteiger partial charge in [-0.1, -0.05) is 153 Å². The van der Waals surface area contributed by atoms with E-state index in [1.165, 1.54) is 38.9 Å². The van der Waals surface area contributed by atoms with Gasteiger partial charge < -0.3 is 9.47 Å². The van der Waals surface area contributed by atoms with Crippen LogP contribution >= 0.6 is 0 Å². The van der Waals surface area contributed by atoms with Gasteiger partial charge >= 0.3 is 0 Å². The van der Waals surface area contributed by atoms with Crippen molar-refractivity contribution in [2.75, 3.05) is 4.90 Å². The van der Waals surface area contributed by atoms with Gasteiger partial charge in [0, 0.05) is 5.41 Å². The number of ether oxygens (including phenoxy) is 2. The Morgan fingerprint density at radius 2 is 0.852 bits per heavy atom. The van der Waals surface area contributed by atoms with Crippen molar-refractivity contribution in [3.63, 3.8) is 0 Å². The molecule has 0 atom stereocenters. The van der Waals surface area contributed by atoms with Crippen molar-refractivity contribution in [3.8, 4) is 78.6 Å². The van der Waals surface area contributed by atoms with Crippen molar-refractivity contribution in [3.05, 3.63) is 187 Å². The summed E-state index contributed by atoms with van der Waals surface area (Å²) >= 11 is 0. The number of anilines is 3. The second kappa shape index (κ2) is 11.6. The molecule has 3 heteroatoms. The second-order valence-electron chi connectivity index (χ2n) is 14.9. The Kier molecular flexibility index (Phi) is 6.60. The van der Waals surface area contributed by atoms with E-state index in [0.717, 1.165) is 67.9 Å². The van der Waals surface area contributed by atoms with Crippen molar-refractivity contribution in [1.29, 1.82) is 0 Å². The monoisotopic (exact) mass is 693 g/mol. The van der Waals surface area contributed by atoms with E-state index in [1.54, 1.807) is 0 Å². The van der Waals surface area contributed by atoms with E-state index in [0.29, 0.717) is 0 Å². The molecule has 256 valence electrons. The maximum atomic E-state index is 6.93. The Morgan fingerprint density at radius 1 is 0.370 bits per heavy atom. The van der Waals surface area contributed by atoms with Gasteiger partial charge in [-0.25, -0.2) is 0 Å². The first-order chi connectivity index (χ1) is 26.5. The van der Waals surface area contributed by atoms with Gasteiger partial charge in [-0.3, -0.25) is 4.90 Å². The van der Waals surface area contributed by atoms with E-state index in [1.807, 2.05) is 6.07 Å². The van der Waals surface area contributed by atoms with Crippen LogP contribution in [0.4, 0.5) is 17.1 Å². The molecule has 0 saturated carbocycles. The predicted octanol–water partition coefficient (Wildman–Crippen LogP) is 14.3. The number of rotatable bonds is 4. The first kappa shape index (κ1) is 30.8. The normalized spacial score (nSPS) is 13.8. The minimum absolute atomic E-state index is 0.0756. The fourth-order valence-corrected chi connectivity index (χ4v) is 8.86. The van der Waals surface area contributed by atoms with Crippen molar-refractivity contribution in [2.24, 2.45) is 0 Å². The highest BCUT2D eigenvalue weighted by atomic mass is 16.5. The Bertz CT molecular complexity index is 2800. The van der Waals surface area contributed by atoms with Crippen molar-refractivity contribution < 1.29 is 9.47 Å². The van der Waals surface area contributed by atoms with Crippen LogP contribution in [0.15, 0.2) is 176 Å². The average molecular weight is 694 g/mol. The van der Waals surface area contributed by atoms with Gasteiger partial charge in [-0.2, -0.15) is 0 Å². The van der Waals surface area contributed by atoms with Crippen LogP contribution in [0, 0.1) is 0 Å². The standard InChI is InChI=1S/C51H35NO2/c1-51(2)41-22-12-11-20-40(41)49-39(21-13-23-42(49)51)35-25-27-44-46(29-35)54-48-31-36(32-14-5-3-6-15-32)30-47-50(48)52(44)43-26-24-34(28-45(43)53-47)38-19-10-9-18-37(38)33-16-7-4-8-17-33/h3-31H,1-2H3. The Morgan fingerprint density at radius 3 is 1.50 bits per heavy atom. The molecule has 0 radical (unpaired) electrons. The van der Waals surface area contributed by atoms with E-state index >= 15 is 0 Å². The van der Waals surface area contributed by atoms with Crippen LogP contribution in [-0.2, 0) is 5.41 Å². The molecular weight excluding hydrogens is 659 g/mol. The van der Waals surface area contributed by atoms with E-state index in [-0.39, 0.29) is 5.41 Å². The summed E-state index contributed by atoms with van der Waals surface area (Å²) in [7, 11) is 0. The summed E-state index contributed by atoms with van der Waals surface area (Å²) in [6.07, 6.45) is 0. The van der Waals surface area contributed by atoms with Crippen LogP contribution in [0.1, 0.15) is 25.0 Å². The highest BCUT2D eigenvalue weighted by Crippen LogP contribution is 2.62. The van der Waals surface area contributed by atoms with Crippen LogP contribution in [0.2, 0.25) is 0 Å². The van der Waals surface area contributed by atoms with Gasteiger partial charge in [0.1, 0.15) is 5.69 Å². The Balaban J connectivity index is 1.09. The van der Waals surface area contributed by atoms with Crippen molar-refractivity contribution in [2.45, 2.75) is 19.3 Å². The molecule has 0 fully saturated rings. The van der Waals surface area contributed by atoms with Crippen LogP contribution in [-0.4, -0.2) is 0 Å². The summed E-state index contributed by atoms with van der Waals surface area (Å²) in [5.41, 5.74) is 17.2. The average Bonchev–Trinajstić information content (AvgIpc) is 3.46. The summed E-state index contributed by atoms with van der Waals surface area (Å²) in [6, 6.07) is 62.7. The topological polar surface area (TPSA) is 21.7 Å². The van der Waals surface area contributed by atoms with Gasteiger partial charge in [0.2, 0.25) is 0 Å². The first-order valence-corrected chi connectivity index (χ1v) is 18.6. The van der Waals surface area contributed by atoms with Gasteiger partial charge in [0.25, 0.3) is 0 Å². The van der Waals surface area contributed by atoms with Gasteiger partial charge in [0.05, 0.1) is 11.4 Å². The molecule has 1 aliphatic carbocycles. The van der Waals surface area contributed by atoms with Crippen LogP contribution < -0.4 is 14.4 Å². The molecule has 3 nitrogen and oxygen atoms in total. The number of fused-ring (bicyclic) bond motifs is 7. The third kappa shape index (κ3) is 4.55.